The summed E-state index contributed by atoms with van der Waals surface area (Å²) in [6, 6.07) is 4.68. The minimum atomic E-state index is 0.281. The van der Waals surface area contributed by atoms with Crippen molar-refractivity contribution in [1.82, 2.24) is 0 Å². The van der Waals surface area contributed by atoms with Crippen molar-refractivity contribution in [3.63, 3.8) is 0 Å². The molecule has 0 amide bonds. The number of benzene rings is 1. The highest BCUT2D eigenvalue weighted by Crippen LogP contribution is 2.31. The van der Waals surface area contributed by atoms with Crippen LogP contribution < -0.4 is 5.73 Å². The Hall–Kier alpha value is -0.820. The number of rotatable bonds is 0. The van der Waals surface area contributed by atoms with Crippen molar-refractivity contribution in [1.29, 1.82) is 0 Å². The lowest BCUT2D eigenvalue weighted by molar-refractivity contribution is 0.568. The number of nitrogens with two attached hydrogens (primary N) is 1. The Morgan fingerprint density at radius 1 is 1.31 bits per heavy atom. The van der Waals surface area contributed by atoms with Crippen LogP contribution in [-0.2, 0) is 6.42 Å². The van der Waals surface area contributed by atoms with Crippen LogP contribution in [0.5, 0.6) is 0 Å². The summed E-state index contributed by atoms with van der Waals surface area (Å²) in [6.45, 7) is 4.39. The predicted molar refractivity (Wildman–Crippen MR) is 55.8 cm³/mol. The second-order valence-electron chi connectivity index (χ2n) is 4.07. The molecule has 2 N–H and O–H groups in total. The van der Waals surface area contributed by atoms with Crippen molar-refractivity contribution >= 4 is 0 Å². The third-order valence-electron chi connectivity index (χ3n) is 3.25. The van der Waals surface area contributed by atoms with Gasteiger partial charge in [0.2, 0.25) is 0 Å². The molecule has 1 aromatic rings. The standard InChI is InChI=1S/C12H17N/c1-8-6-7-11-10(9(8)2)4-3-5-12(11)13/h6-7,12H,3-5,13H2,1-2H3/t12-/m1/s1. The molecule has 0 radical (unpaired) electrons. The smallest absolute Gasteiger partial charge is 0.0297 e. The van der Waals surface area contributed by atoms with Gasteiger partial charge >= 0.3 is 0 Å². The first-order valence-corrected chi connectivity index (χ1v) is 5.04. The Bertz CT molecular complexity index is 328. The van der Waals surface area contributed by atoms with Crippen LogP contribution >= 0.6 is 0 Å². The fourth-order valence-corrected chi connectivity index (χ4v) is 2.23. The van der Waals surface area contributed by atoms with Crippen LogP contribution in [0.4, 0.5) is 0 Å². The van der Waals surface area contributed by atoms with Gasteiger partial charge in [-0.1, -0.05) is 12.1 Å². The maximum atomic E-state index is 6.07. The summed E-state index contributed by atoms with van der Waals surface area (Å²) in [4.78, 5) is 0. The molecule has 0 unspecified atom stereocenters. The summed E-state index contributed by atoms with van der Waals surface area (Å²) >= 11 is 0. The highest BCUT2D eigenvalue weighted by Gasteiger charge is 2.18. The monoisotopic (exact) mass is 175 g/mol. The molecular formula is C12H17N. The molecule has 0 spiro atoms. The molecule has 1 atom stereocenters. The predicted octanol–water partition coefficient (Wildman–Crippen LogP) is 2.64. The van der Waals surface area contributed by atoms with E-state index in [2.05, 4.69) is 26.0 Å². The third-order valence-corrected chi connectivity index (χ3v) is 3.25. The molecule has 1 nitrogen and oxygen atoms in total. The molecule has 13 heavy (non-hydrogen) atoms. The number of hydrogen-bond acceptors (Lipinski definition) is 1. The van der Waals surface area contributed by atoms with Crippen LogP contribution in [0.1, 0.15) is 41.1 Å². The van der Waals surface area contributed by atoms with Crippen molar-refractivity contribution in [2.24, 2.45) is 5.73 Å². The molecule has 2 rings (SSSR count). The Balaban J connectivity index is 2.56. The largest absolute Gasteiger partial charge is 0.324 e. The van der Waals surface area contributed by atoms with Gasteiger partial charge in [-0.25, -0.2) is 0 Å². The maximum Gasteiger partial charge on any atom is 0.0297 e. The van der Waals surface area contributed by atoms with Gasteiger partial charge in [0, 0.05) is 6.04 Å². The number of aryl methyl sites for hydroxylation is 1. The Kier molecular flexibility index (Phi) is 2.12. The number of fused-ring (bicyclic) bond motifs is 1. The van der Waals surface area contributed by atoms with E-state index in [-0.39, 0.29) is 6.04 Å². The van der Waals surface area contributed by atoms with E-state index in [1.165, 1.54) is 35.1 Å². The second kappa shape index (κ2) is 3.15. The van der Waals surface area contributed by atoms with Gasteiger partial charge < -0.3 is 5.73 Å². The van der Waals surface area contributed by atoms with E-state index in [4.69, 9.17) is 5.73 Å². The minimum Gasteiger partial charge on any atom is -0.324 e. The molecule has 70 valence electrons. The van der Waals surface area contributed by atoms with Gasteiger partial charge in [0.1, 0.15) is 0 Å². The average Bonchev–Trinajstić information content (AvgIpc) is 2.12. The zero-order chi connectivity index (χ0) is 9.42. The van der Waals surface area contributed by atoms with Gasteiger partial charge in [0.05, 0.1) is 0 Å². The average molecular weight is 175 g/mol. The quantitative estimate of drug-likeness (QED) is 0.644. The van der Waals surface area contributed by atoms with Crippen LogP contribution in [0.25, 0.3) is 0 Å². The SMILES string of the molecule is Cc1ccc2c(c1C)CCC[C@H]2N. The van der Waals surface area contributed by atoms with Gasteiger partial charge in [0.25, 0.3) is 0 Å². The molecule has 0 saturated heterocycles. The Morgan fingerprint density at radius 3 is 2.85 bits per heavy atom. The molecular weight excluding hydrogens is 158 g/mol. The van der Waals surface area contributed by atoms with E-state index >= 15 is 0 Å². The summed E-state index contributed by atoms with van der Waals surface area (Å²) in [6.07, 6.45) is 3.62. The molecule has 0 bridgehead atoms. The first-order valence-electron chi connectivity index (χ1n) is 5.04. The van der Waals surface area contributed by atoms with Crippen LogP contribution in [0.2, 0.25) is 0 Å². The molecule has 0 heterocycles. The van der Waals surface area contributed by atoms with E-state index in [1.807, 2.05) is 0 Å². The summed E-state index contributed by atoms with van der Waals surface area (Å²) in [5.41, 5.74) is 11.8. The van der Waals surface area contributed by atoms with E-state index < -0.39 is 0 Å². The van der Waals surface area contributed by atoms with Crippen molar-refractivity contribution in [2.45, 2.75) is 39.2 Å². The first-order chi connectivity index (χ1) is 6.20. The van der Waals surface area contributed by atoms with Crippen LogP contribution in [-0.4, -0.2) is 0 Å². The van der Waals surface area contributed by atoms with E-state index in [0.29, 0.717) is 0 Å². The van der Waals surface area contributed by atoms with E-state index in [0.717, 1.165) is 6.42 Å². The molecule has 0 fully saturated rings. The normalized spacial score (nSPS) is 21.3. The molecule has 1 aliphatic carbocycles. The second-order valence-corrected chi connectivity index (χ2v) is 4.07. The van der Waals surface area contributed by atoms with Crippen molar-refractivity contribution in [2.75, 3.05) is 0 Å². The summed E-state index contributed by atoms with van der Waals surface area (Å²) in [7, 11) is 0. The molecule has 1 aromatic carbocycles. The van der Waals surface area contributed by atoms with Crippen molar-refractivity contribution in [3.8, 4) is 0 Å². The van der Waals surface area contributed by atoms with Crippen molar-refractivity contribution < 1.29 is 0 Å². The topological polar surface area (TPSA) is 26.0 Å². The lowest BCUT2D eigenvalue weighted by Gasteiger charge is -2.24. The van der Waals surface area contributed by atoms with Crippen LogP contribution in [0, 0.1) is 13.8 Å². The number of hydrogen-bond donors (Lipinski definition) is 1. The van der Waals surface area contributed by atoms with Crippen LogP contribution in [0.15, 0.2) is 12.1 Å². The zero-order valence-corrected chi connectivity index (χ0v) is 8.43. The van der Waals surface area contributed by atoms with Gasteiger partial charge in [0.15, 0.2) is 0 Å². The van der Waals surface area contributed by atoms with Gasteiger partial charge in [-0.15, -0.1) is 0 Å². The lowest BCUT2D eigenvalue weighted by Crippen LogP contribution is -2.18. The first kappa shape index (κ1) is 8.76. The molecule has 0 aromatic heterocycles. The fourth-order valence-electron chi connectivity index (χ4n) is 2.23. The fraction of sp³-hybridized carbons (Fsp3) is 0.500. The molecule has 0 aliphatic heterocycles. The molecule has 1 heteroatoms. The van der Waals surface area contributed by atoms with E-state index in [1.54, 1.807) is 0 Å². The van der Waals surface area contributed by atoms with Crippen LogP contribution in [0.3, 0.4) is 0 Å². The Morgan fingerprint density at radius 2 is 2.08 bits per heavy atom. The highest BCUT2D eigenvalue weighted by atomic mass is 14.6. The maximum absolute atomic E-state index is 6.07. The van der Waals surface area contributed by atoms with Gasteiger partial charge in [-0.3, -0.25) is 0 Å². The zero-order valence-electron chi connectivity index (χ0n) is 8.43. The highest BCUT2D eigenvalue weighted by molar-refractivity contribution is 5.42. The lowest BCUT2D eigenvalue weighted by atomic mass is 9.84. The summed E-state index contributed by atoms with van der Waals surface area (Å²) in [5.74, 6) is 0. The van der Waals surface area contributed by atoms with Gasteiger partial charge in [-0.05, 0) is 55.4 Å². The van der Waals surface area contributed by atoms with Crippen molar-refractivity contribution in [3.05, 3.63) is 34.4 Å². The molecule has 0 saturated carbocycles. The minimum absolute atomic E-state index is 0.281. The third kappa shape index (κ3) is 1.37. The van der Waals surface area contributed by atoms with E-state index in [9.17, 15) is 0 Å². The Labute approximate surface area is 80.0 Å². The summed E-state index contributed by atoms with van der Waals surface area (Å²) in [5, 5.41) is 0. The molecule has 1 aliphatic rings. The van der Waals surface area contributed by atoms with Gasteiger partial charge in [-0.2, -0.15) is 0 Å². The summed E-state index contributed by atoms with van der Waals surface area (Å²) < 4.78 is 0.